The van der Waals surface area contributed by atoms with Crippen molar-refractivity contribution in [1.82, 2.24) is 14.7 Å². The number of fused-ring (bicyclic) bond motifs is 2. The van der Waals surface area contributed by atoms with Gasteiger partial charge >= 0.3 is 0 Å². The molecule has 0 N–H and O–H groups in total. The Bertz CT molecular complexity index is 1700. The second-order valence-electron chi connectivity index (χ2n) is 10.9. The summed E-state index contributed by atoms with van der Waals surface area (Å²) in [4.78, 5) is 31.1. The molecule has 2 amide bonds. The summed E-state index contributed by atoms with van der Waals surface area (Å²) in [6, 6.07) is 22.1. The van der Waals surface area contributed by atoms with Crippen molar-refractivity contribution in [3.8, 4) is 28.4 Å². The van der Waals surface area contributed by atoms with Crippen molar-refractivity contribution < 1.29 is 23.8 Å². The standard InChI is InChI=1S/C33H32N4O5S/c1-21-8-10-25(22(2)16-21)37-33-30(31(34-37)23-6-4-3-5-7-23)32(24-9-11-26-27(17-24)42-20-41-26)43-19-29(39)36(33)18-28(38)35-12-14-40-15-13-35/h3-11,16-17,32H,12-15,18-20H2,1-2H3/t32-/m0/s1. The van der Waals surface area contributed by atoms with Gasteiger partial charge < -0.3 is 19.1 Å². The van der Waals surface area contributed by atoms with Gasteiger partial charge in [0.25, 0.3) is 0 Å². The van der Waals surface area contributed by atoms with Crippen LogP contribution in [0.2, 0.25) is 0 Å². The molecular formula is C33H32N4O5S. The van der Waals surface area contributed by atoms with Gasteiger partial charge in [-0.2, -0.15) is 5.10 Å². The molecule has 220 valence electrons. The molecule has 1 saturated heterocycles. The minimum atomic E-state index is -0.258. The number of morpholine rings is 1. The van der Waals surface area contributed by atoms with E-state index in [1.165, 1.54) is 11.8 Å². The van der Waals surface area contributed by atoms with Crippen LogP contribution < -0.4 is 14.4 Å². The average Bonchev–Trinajstić information content (AvgIpc) is 3.62. The molecule has 10 heteroatoms. The number of hydrogen-bond donors (Lipinski definition) is 0. The molecule has 9 nitrogen and oxygen atoms in total. The first-order chi connectivity index (χ1) is 21.0. The zero-order valence-electron chi connectivity index (χ0n) is 24.1. The fourth-order valence-electron chi connectivity index (χ4n) is 5.93. The third kappa shape index (κ3) is 5.14. The maximum atomic E-state index is 14.1. The van der Waals surface area contributed by atoms with Crippen LogP contribution in [-0.4, -0.2) is 71.9 Å². The Hall–Kier alpha value is -4.28. The van der Waals surface area contributed by atoms with E-state index in [1.54, 1.807) is 9.80 Å². The summed E-state index contributed by atoms with van der Waals surface area (Å²) in [7, 11) is 0. The second-order valence-corrected chi connectivity index (χ2v) is 12.0. The zero-order valence-corrected chi connectivity index (χ0v) is 24.9. The molecular weight excluding hydrogens is 564 g/mol. The number of anilines is 1. The maximum absolute atomic E-state index is 14.1. The van der Waals surface area contributed by atoms with Gasteiger partial charge in [0.1, 0.15) is 12.4 Å². The zero-order chi connectivity index (χ0) is 29.5. The third-order valence-electron chi connectivity index (χ3n) is 8.07. The number of rotatable bonds is 5. The van der Waals surface area contributed by atoms with E-state index in [0.717, 1.165) is 39.2 Å². The summed E-state index contributed by atoms with van der Waals surface area (Å²) in [6.45, 7) is 6.20. The van der Waals surface area contributed by atoms with Gasteiger partial charge in [0.05, 0.1) is 35.6 Å². The van der Waals surface area contributed by atoms with Crippen molar-refractivity contribution in [2.45, 2.75) is 19.1 Å². The van der Waals surface area contributed by atoms with Crippen LogP contribution in [0.1, 0.15) is 27.5 Å². The van der Waals surface area contributed by atoms with Crippen LogP contribution in [-0.2, 0) is 14.3 Å². The van der Waals surface area contributed by atoms with Gasteiger partial charge in [-0.3, -0.25) is 14.5 Å². The minimum Gasteiger partial charge on any atom is -0.454 e. The van der Waals surface area contributed by atoms with E-state index in [0.29, 0.717) is 43.6 Å². The van der Waals surface area contributed by atoms with Gasteiger partial charge in [0.15, 0.2) is 11.5 Å². The summed E-state index contributed by atoms with van der Waals surface area (Å²) in [6.07, 6.45) is 0. The molecule has 1 fully saturated rings. The molecule has 0 spiro atoms. The van der Waals surface area contributed by atoms with Crippen LogP contribution in [0, 0.1) is 13.8 Å². The molecule has 0 bridgehead atoms. The Labute approximate surface area is 254 Å². The molecule has 4 aromatic rings. The molecule has 1 atom stereocenters. The largest absolute Gasteiger partial charge is 0.454 e. The highest BCUT2D eigenvalue weighted by Gasteiger charge is 2.39. The SMILES string of the molecule is Cc1ccc(-n2nc(-c3ccccc3)c3c2N(CC(=O)N2CCOCC2)C(=O)CS[C@H]3c2ccc3c(c2)OCO3)c(C)c1. The molecule has 0 saturated carbocycles. The minimum absolute atomic E-state index is 0.0783. The Balaban J connectivity index is 1.46. The highest BCUT2D eigenvalue weighted by molar-refractivity contribution is 8.00. The van der Waals surface area contributed by atoms with Crippen LogP contribution in [0.25, 0.3) is 16.9 Å². The highest BCUT2D eigenvalue weighted by atomic mass is 32.2. The van der Waals surface area contributed by atoms with Crippen molar-refractivity contribution in [1.29, 1.82) is 0 Å². The van der Waals surface area contributed by atoms with Crippen LogP contribution in [0.15, 0.2) is 66.7 Å². The summed E-state index contributed by atoms with van der Waals surface area (Å²) in [5.74, 6) is 1.95. The smallest absolute Gasteiger partial charge is 0.242 e. The predicted molar refractivity (Wildman–Crippen MR) is 165 cm³/mol. The van der Waals surface area contributed by atoms with Crippen molar-refractivity contribution >= 4 is 29.4 Å². The van der Waals surface area contributed by atoms with Crippen LogP contribution in [0.3, 0.4) is 0 Å². The lowest BCUT2D eigenvalue weighted by Gasteiger charge is -2.30. The summed E-state index contributed by atoms with van der Waals surface area (Å²) in [5, 5.41) is 4.97. The number of carbonyl (C=O) groups is 2. The average molecular weight is 597 g/mol. The first kappa shape index (κ1) is 27.5. The Morgan fingerprint density at radius 3 is 2.56 bits per heavy atom. The Morgan fingerprint density at radius 1 is 0.977 bits per heavy atom. The molecule has 3 aromatic carbocycles. The van der Waals surface area contributed by atoms with E-state index < -0.39 is 0 Å². The van der Waals surface area contributed by atoms with E-state index in [1.807, 2.05) is 72.3 Å². The monoisotopic (exact) mass is 596 g/mol. The molecule has 4 heterocycles. The lowest BCUT2D eigenvalue weighted by molar-refractivity contribution is -0.134. The number of aryl methyl sites for hydroxylation is 2. The van der Waals surface area contributed by atoms with Crippen molar-refractivity contribution in [3.63, 3.8) is 0 Å². The van der Waals surface area contributed by atoms with Crippen LogP contribution in [0.4, 0.5) is 5.82 Å². The number of thioether (sulfide) groups is 1. The van der Waals surface area contributed by atoms with Crippen LogP contribution >= 0.6 is 11.8 Å². The number of benzene rings is 3. The molecule has 0 radical (unpaired) electrons. The van der Waals surface area contributed by atoms with E-state index in [-0.39, 0.29) is 36.2 Å². The Kier molecular flexibility index (Phi) is 7.32. The molecule has 0 aliphatic carbocycles. The number of amides is 2. The molecule has 3 aliphatic heterocycles. The number of hydrogen-bond acceptors (Lipinski definition) is 7. The van der Waals surface area contributed by atoms with E-state index in [2.05, 4.69) is 13.0 Å². The molecule has 0 unspecified atom stereocenters. The number of carbonyl (C=O) groups excluding carboxylic acids is 2. The fraction of sp³-hybridized carbons (Fsp3) is 0.303. The van der Waals surface area contributed by atoms with E-state index >= 15 is 0 Å². The van der Waals surface area contributed by atoms with Gasteiger partial charge in [0, 0.05) is 24.2 Å². The summed E-state index contributed by atoms with van der Waals surface area (Å²) < 4.78 is 18.7. The van der Waals surface area contributed by atoms with Gasteiger partial charge in [-0.1, -0.05) is 54.1 Å². The van der Waals surface area contributed by atoms with Crippen LogP contribution in [0.5, 0.6) is 11.5 Å². The lowest BCUT2D eigenvalue weighted by atomic mass is 9.99. The quantitative estimate of drug-likeness (QED) is 0.324. The second kappa shape index (κ2) is 11.4. The van der Waals surface area contributed by atoms with Gasteiger partial charge in [-0.15, -0.1) is 11.8 Å². The van der Waals surface area contributed by atoms with Crippen molar-refractivity contribution in [3.05, 3.63) is 89.0 Å². The third-order valence-corrected chi connectivity index (χ3v) is 9.33. The highest BCUT2D eigenvalue weighted by Crippen LogP contribution is 2.50. The van der Waals surface area contributed by atoms with Gasteiger partial charge in [0.2, 0.25) is 18.6 Å². The van der Waals surface area contributed by atoms with Crippen molar-refractivity contribution in [2.24, 2.45) is 0 Å². The molecule has 3 aliphatic rings. The lowest BCUT2D eigenvalue weighted by Crippen LogP contribution is -2.48. The maximum Gasteiger partial charge on any atom is 0.242 e. The summed E-state index contributed by atoms with van der Waals surface area (Å²) >= 11 is 1.54. The van der Waals surface area contributed by atoms with Gasteiger partial charge in [-0.25, -0.2) is 4.68 Å². The normalized spacial score (nSPS) is 18.0. The number of ether oxygens (including phenoxy) is 3. The number of nitrogens with zero attached hydrogens (tertiary/aromatic N) is 4. The molecule has 43 heavy (non-hydrogen) atoms. The van der Waals surface area contributed by atoms with Gasteiger partial charge in [-0.05, 0) is 43.2 Å². The first-order valence-corrected chi connectivity index (χ1v) is 15.5. The molecule has 7 rings (SSSR count). The number of aromatic nitrogens is 2. The van der Waals surface area contributed by atoms with Crippen molar-refractivity contribution in [2.75, 3.05) is 50.3 Å². The predicted octanol–water partition coefficient (Wildman–Crippen LogP) is 4.91. The Morgan fingerprint density at radius 2 is 1.77 bits per heavy atom. The topological polar surface area (TPSA) is 86.1 Å². The van der Waals surface area contributed by atoms with E-state index in [4.69, 9.17) is 19.3 Å². The fourth-order valence-corrected chi connectivity index (χ4v) is 7.11. The molecule has 1 aromatic heterocycles. The summed E-state index contributed by atoms with van der Waals surface area (Å²) in [5.41, 5.74) is 6.57. The van der Waals surface area contributed by atoms with E-state index in [9.17, 15) is 9.59 Å². The first-order valence-electron chi connectivity index (χ1n) is 14.4.